The predicted molar refractivity (Wildman–Crippen MR) is 242 cm³/mol. The number of anilines is 2. The van der Waals surface area contributed by atoms with Crippen LogP contribution in [0.2, 0.25) is 0 Å². The Balaban J connectivity index is 1.27. The minimum Gasteiger partial charge on any atom is -0.507 e. The topological polar surface area (TPSA) is 158 Å². The number of phenolic OH excluding ortho intramolecular Hbond substituents is 1. The third kappa shape index (κ3) is 11.5. The van der Waals surface area contributed by atoms with Crippen LogP contribution in [0.3, 0.4) is 0 Å². The Kier molecular flexibility index (Phi) is 13.7. The number of aryl methyl sites for hydroxylation is 3. The van der Waals surface area contributed by atoms with E-state index in [2.05, 4.69) is 29.3 Å². The summed E-state index contributed by atoms with van der Waals surface area (Å²) in [7, 11) is -8.22. The first kappa shape index (κ1) is 43.6. The van der Waals surface area contributed by atoms with Crippen molar-refractivity contribution in [2.45, 2.75) is 69.8 Å². The van der Waals surface area contributed by atoms with Gasteiger partial charge in [-0.05, 0) is 93.6 Å². The van der Waals surface area contributed by atoms with Crippen LogP contribution in [0.25, 0.3) is 0 Å². The highest BCUT2D eigenvalue weighted by molar-refractivity contribution is 7.93. The van der Waals surface area contributed by atoms with Gasteiger partial charge in [0.15, 0.2) is 0 Å². The number of benzene rings is 4. The largest absolute Gasteiger partial charge is 0.507 e. The molecule has 318 valence electrons. The summed E-state index contributed by atoms with van der Waals surface area (Å²) in [4.78, 5) is 18.0. The molecule has 0 atom stereocenters. The quantitative estimate of drug-likeness (QED) is 0.0764. The highest BCUT2D eigenvalue weighted by Gasteiger charge is 2.24. The van der Waals surface area contributed by atoms with Gasteiger partial charge < -0.3 is 5.11 Å². The maximum atomic E-state index is 13.9. The fourth-order valence-corrected chi connectivity index (χ4v) is 9.36. The monoisotopic (exact) mass is 867 g/mol. The van der Waals surface area contributed by atoms with Gasteiger partial charge >= 0.3 is 0 Å². The molecular formula is C48H49N7O5S2. The first-order chi connectivity index (χ1) is 29.8. The van der Waals surface area contributed by atoms with Crippen LogP contribution in [-0.4, -0.2) is 46.7 Å². The summed E-state index contributed by atoms with van der Waals surface area (Å²) in [5.74, 6) is 0.113. The van der Waals surface area contributed by atoms with Crippen LogP contribution < -0.4 is 9.44 Å². The number of aromatic hydroxyl groups is 1. The number of pyridine rings is 3. The highest BCUT2D eigenvalue weighted by Crippen LogP contribution is 2.34. The van der Waals surface area contributed by atoms with E-state index in [9.17, 15) is 21.9 Å². The van der Waals surface area contributed by atoms with Crippen molar-refractivity contribution in [1.82, 2.24) is 24.8 Å². The molecule has 4 aromatic carbocycles. The lowest BCUT2D eigenvalue weighted by molar-refractivity contribution is 0.233. The van der Waals surface area contributed by atoms with E-state index in [-0.39, 0.29) is 46.5 Å². The molecule has 0 aliphatic rings. The number of phenols is 1. The van der Waals surface area contributed by atoms with Crippen LogP contribution in [0.1, 0.15) is 50.5 Å². The molecular weight excluding hydrogens is 819 g/mol. The number of nitrogens with zero attached hydrogens (tertiary/aromatic N) is 5. The molecule has 12 nitrogen and oxygen atoms in total. The molecule has 0 radical (unpaired) electrons. The van der Waals surface area contributed by atoms with Crippen LogP contribution in [0.15, 0.2) is 162 Å². The lowest BCUT2D eigenvalue weighted by atomic mass is 10.0. The average molecular weight is 868 g/mol. The van der Waals surface area contributed by atoms with Crippen molar-refractivity contribution in [3.8, 4) is 5.75 Å². The van der Waals surface area contributed by atoms with E-state index in [0.717, 1.165) is 33.8 Å². The van der Waals surface area contributed by atoms with Gasteiger partial charge in [0.25, 0.3) is 20.0 Å². The Morgan fingerprint density at radius 3 is 1.23 bits per heavy atom. The summed E-state index contributed by atoms with van der Waals surface area (Å²) < 4.78 is 61.1. The van der Waals surface area contributed by atoms with Gasteiger partial charge in [0.2, 0.25) is 0 Å². The SMILES string of the molecule is Cc1ccc(S(=O)(=O)Nc2cccc(NS(=O)(=O)c3ccc(C)cc3)c2CN(Cc2ccccn2)Cc2cc(C)cc(CN(Cc3ccccn3)Cc3ccccn3)c2O)cc1. The standard InChI is InChI=1S/C48H49N7O5S2/c1-35-16-20-43(21-17-35)61(57,58)52-46-14-10-15-47(53-62(59,60)44-22-18-36(2)19-23-44)45(46)34-55(33-42-13-6-9-26-51-42)30-39-28-37(3)27-38(48(39)56)29-54(31-40-11-4-7-24-49-40)32-41-12-5-8-25-50-41/h4-28,52-53,56H,29-34H2,1-3H3. The molecule has 0 aliphatic carbocycles. The zero-order chi connectivity index (χ0) is 43.7. The van der Waals surface area contributed by atoms with Gasteiger partial charge in [-0.15, -0.1) is 0 Å². The van der Waals surface area contributed by atoms with E-state index >= 15 is 0 Å². The fraction of sp³-hybridized carbons (Fsp3) is 0.188. The second-order valence-electron chi connectivity index (χ2n) is 15.4. The molecule has 3 heterocycles. The van der Waals surface area contributed by atoms with Gasteiger partial charge in [-0.3, -0.25) is 34.2 Å². The molecule has 62 heavy (non-hydrogen) atoms. The Hall–Kier alpha value is -6.45. The van der Waals surface area contributed by atoms with Crippen molar-refractivity contribution in [3.05, 3.63) is 203 Å². The van der Waals surface area contributed by atoms with Gasteiger partial charge in [0.05, 0.1) is 38.2 Å². The molecule has 0 spiro atoms. The van der Waals surface area contributed by atoms with Gasteiger partial charge in [0, 0.05) is 74.5 Å². The molecule has 14 heteroatoms. The number of nitrogens with one attached hydrogen (secondary N) is 2. The van der Waals surface area contributed by atoms with Crippen molar-refractivity contribution >= 4 is 31.4 Å². The Morgan fingerprint density at radius 1 is 0.468 bits per heavy atom. The van der Waals surface area contributed by atoms with Gasteiger partial charge in [-0.1, -0.05) is 77.4 Å². The van der Waals surface area contributed by atoms with Crippen LogP contribution >= 0.6 is 0 Å². The number of hydrogen-bond acceptors (Lipinski definition) is 10. The van der Waals surface area contributed by atoms with E-state index in [0.29, 0.717) is 36.3 Å². The smallest absolute Gasteiger partial charge is 0.261 e. The molecule has 7 rings (SSSR count). The van der Waals surface area contributed by atoms with Gasteiger partial charge in [-0.25, -0.2) is 16.8 Å². The molecule has 0 unspecified atom stereocenters. The number of rotatable bonds is 18. The minimum atomic E-state index is -4.11. The summed E-state index contributed by atoms with van der Waals surface area (Å²) in [5.41, 5.74) is 7.30. The van der Waals surface area contributed by atoms with Crippen LogP contribution in [-0.2, 0) is 59.3 Å². The zero-order valence-corrected chi connectivity index (χ0v) is 36.4. The normalized spacial score (nSPS) is 11.8. The van der Waals surface area contributed by atoms with Crippen molar-refractivity contribution < 1.29 is 21.9 Å². The van der Waals surface area contributed by atoms with Crippen molar-refractivity contribution in [1.29, 1.82) is 0 Å². The Morgan fingerprint density at radius 2 is 0.855 bits per heavy atom. The number of hydrogen-bond donors (Lipinski definition) is 3. The second-order valence-corrected chi connectivity index (χ2v) is 18.7. The number of sulfonamides is 2. The van der Waals surface area contributed by atoms with E-state index in [1.165, 1.54) is 24.3 Å². The van der Waals surface area contributed by atoms with Gasteiger partial charge in [0.1, 0.15) is 5.75 Å². The van der Waals surface area contributed by atoms with Crippen molar-refractivity contribution in [3.63, 3.8) is 0 Å². The summed E-state index contributed by atoms with van der Waals surface area (Å²) in [6, 6.07) is 38.9. The summed E-state index contributed by atoms with van der Waals surface area (Å²) in [5, 5.41) is 12.1. The first-order valence-electron chi connectivity index (χ1n) is 20.1. The molecule has 3 aromatic heterocycles. The van der Waals surface area contributed by atoms with E-state index < -0.39 is 20.0 Å². The average Bonchev–Trinajstić information content (AvgIpc) is 3.25. The third-order valence-corrected chi connectivity index (χ3v) is 13.0. The minimum absolute atomic E-state index is 0.0448. The lowest BCUT2D eigenvalue weighted by Gasteiger charge is -2.27. The second kappa shape index (κ2) is 19.5. The molecule has 0 amide bonds. The molecule has 0 bridgehead atoms. The van der Waals surface area contributed by atoms with Crippen molar-refractivity contribution in [2.24, 2.45) is 0 Å². The van der Waals surface area contributed by atoms with E-state index in [4.69, 9.17) is 0 Å². The third-order valence-electron chi connectivity index (χ3n) is 10.2. The summed E-state index contributed by atoms with van der Waals surface area (Å²) in [6.45, 7) is 7.66. The fourth-order valence-electron chi connectivity index (χ4n) is 7.17. The molecule has 0 fully saturated rings. The first-order valence-corrected chi connectivity index (χ1v) is 23.0. The Labute approximate surface area is 364 Å². The van der Waals surface area contributed by atoms with Crippen molar-refractivity contribution in [2.75, 3.05) is 9.44 Å². The number of aromatic nitrogens is 3. The summed E-state index contributed by atoms with van der Waals surface area (Å²) >= 11 is 0. The highest BCUT2D eigenvalue weighted by atomic mass is 32.2. The molecule has 7 aromatic rings. The van der Waals surface area contributed by atoms with Crippen LogP contribution in [0.4, 0.5) is 11.4 Å². The zero-order valence-electron chi connectivity index (χ0n) is 34.8. The van der Waals surface area contributed by atoms with E-state index in [1.54, 1.807) is 61.1 Å². The maximum Gasteiger partial charge on any atom is 0.261 e. The predicted octanol–water partition coefficient (Wildman–Crippen LogP) is 8.51. The molecule has 0 saturated heterocycles. The van der Waals surface area contributed by atoms with Gasteiger partial charge in [-0.2, -0.15) is 0 Å². The van der Waals surface area contributed by atoms with Crippen LogP contribution in [0, 0.1) is 20.8 Å². The summed E-state index contributed by atoms with van der Waals surface area (Å²) in [6.07, 6.45) is 5.21. The maximum absolute atomic E-state index is 13.9. The van der Waals surface area contributed by atoms with E-state index in [1.807, 2.05) is 92.4 Å². The Bertz CT molecular complexity index is 2680. The molecule has 0 aliphatic heterocycles. The molecule has 0 saturated carbocycles. The molecule has 3 N–H and O–H groups in total. The van der Waals surface area contributed by atoms with Crippen LogP contribution in [0.5, 0.6) is 5.75 Å². The lowest BCUT2D eigenvalue weighted by Crippen LogP contribution is -2.26.